The van der Waals surface area contributed by atoms with E-state index in [1.165, 1.54) is 0 Å². The van der Waals surface area contributed by atoms with E-state index in [-0.39, 0.29) is 6.10 Å². The van der Waals surface area contributed by atoms with E-state index in [4.69, 9.17) is 4.74 Å². The van der Waals surface area contributed by atoms with E-state index in [0.717, 1.165) is 17.0 Å². The summed E-state index contributed by atoms with van der Waals surface area (Å²) in [6.07, 6.45) is -0.492. The molecule has 0 fully saturated rings. The maximum absolute atomic E-state index is 11.3. The number of nitrogens with one attached hydrogen (secondary N) is 1. The van der Waals surface area contributed by atoms with Gasteiger partial charge in [0.15, 0.2) is 0 Å². The minimum absolute atomic E-state index is 0.101. The topological polar surface area (TPSA) is 56.2 Å². The molecule has 0 aromatic carbocycles. The molecular weight excluding hydrogens is 206 g/mol. The highest BCUT2D eigenvalue weighted by Gasteiger charge is 2.11. The Labute approximate surface area is 95.8 Å². The second-order valence-electron chi connectivity index (χ2n) is 4.08. The summed E-state index contributed by atoms with van der Waals surface area (Å²) < 4.78 is 6.79. The smallest absolute Gasteiger partial charge is 0.407 e. The molecule has 0 aliphatic heterocycles. The summed E-state index contributed by atoms with van der Waals surface area (Å²) in [5.74, 6) is 0. The summed E-state index contributed by atoms with van der Waals surface area (Å²) in [5.41, 5.74) is 3.04. The number of nitrogens with zero attached hydrogens (tertiary/aromatic N) is 2. The number of aromatic nitrogens is 2. The van der Waals surface area contributed by atoms with Crippen LogP contribution in [0, 0.1) is 13.8 Å². The Hall–Kier alpha value is -1.52. The van der Waals surface area contributed by atoms with Crippen molar-refractivity contribution in [1.29, 1.82) is 0 Å². The predicted octanol–water partition coefficient (Wildman–Crippen LogP) is 1.67. The summed E-state index contributed by atoms with van der Waals surface area (Å²) >= 11 is 0. The molecule has 5 heteroatoms. The van der Waals surface area contributed by atoms with Gasteiger partial charge in [-0.1, -0.05) is 0 Å². The second-order valence-corrected chi connectivity index (χ2v) is 4.08. The van der Waals surface area contributed by atoms with Crippen LogP contribution in [0.4, 0.5) is 4.79 Å². The third-order valence-electron chi connectivity index (χ3n) is 2.41. The maximum Gasteiger partial charge on any atom is 0.407 e. The van der Waals surface area contributed by atoms with E-state index in [1.54, 1.807) is 4.68 Å². The van der Waals surface area contributed by atoms with Crippen LogP contribution in [0.2, 0.25) is 0 Å². The molecule has 1 aromatic heterocycles. The first-order chi connectivity index (χ1) is 7.41. The zero-order valence-corrected chi connectivity index (χ0v) is 10.5. The first-order valence-corrected chi connectivity index (χ1v) is 5.35. The predicted molar refractivity (Wildman–Crippen MR) is 61.1 cm³/mol. The molecule has 0 saturated carbocycles. The van der Waals surface area contributed by atoms with Crippen LogP contribution >= 0.6 is 0 Å². The Bertz CT molecular complexity index is 383. The molecule has 0 aliphatic carbocycles. The van der Waals surface area contributed by atoms with Crippen LogP contribution in [0.25, 0.3) is 0 Å². The number of rotatable bonds is 3. The van der Waals surface area contributed by atoms with Crippen LogP contribution in [0.5, 0.6) is 0 Å². The Morgan fingerprint density at radius 2 is 2.12 bits per heavy atom. The summed E-state index contributed by atoms with van der Waals surface area (Å²) in [5, 5.41) is 6.98. The van der Waals surface area contributed by atoms with Crippen LogP contribution in [-0.2, 0) is 18.3 Å². The molecule has 0 radical (unpaired) electrons. The fourth-order valence-electron chi connectivity index (χ4n) is 1.49. The van der Waals surface area contributed by atoms with Gasteiger partial charge in [-0.2, -0.15) is 5.10 Å². The van der Waals surface area contributed by atoms with Gasteiger partial charge >= 0.3 is 6.09 Å². The number of amides is 1. The van der Waals surface area contributed by atoms with Gasteiger partial charge in [0.25, 0.3) is 0 Å². The van der Waals surface area contributed by atoms with Crippen LogP contribution in [0.1, 0.15) is 30.8 Å². The lowest BCUT2D eigenvalue weighted by Gasteiger charge is -2.09. The number of aryl methyl sites for hydroxylation is 2. The van der Waals surface area contributed by atoms with Crippen molar-refractivity contribution in [2.75, 3.05) is 0 Å². The van der Waals surface area contributed by atoms with Crippen molar-refractivity contribution < 1.29 is 9.53 Å². The van der Waals surface area contributed by atoms with Gasteiger partial charge in [0.2, 0.25) is 0 Å². The van der Waals surface area contributed by atoms with Crippen molar-refractivity contribution >= 4 is 6.09 Å². The Kier molecular flexibility index (Phi) is 3.93. The van der Waals surface area contributed by atoms with E-state index in [0.29, 0.717) is 6.54 Å². The van der Waals surface area contributed by atoms with E-state index < -0.39 is 6.09 Å². The first-order valence-electron chi connectivity index (χ1n) is 5.35. The molecule has 0 unspecified atom stereocenters. The molecule has 1 rings (SSSR count). The zero-order chi connectivity index (χ0) is 12.3. The lowest BCUT2D eigenvalue weighted by molar-refractivity contribution is 0.115. The summed E-state index contributed by atoms with van der Waals surface area (Å²) in [4.78, 5) is 11.3. The van der Waals surface area contributed by atoms with Gasteiger partial charge in [-0.25, -0.2) is 4.79 Å². The largest absolute Gasteiger partial charge is 0.447 e. The number of carbonyl (C=O) groups is 1. The van der Waals surface area contributed by atoms with E-state index in [1.807, 2.05) is 34.7 Å². The van der Waals surface area contributed by atoms with Crippen molar-refractivity contribution in [2.45, 2.75) is 40.3 Å². The number of ether oxygens (including phenoxy) is 1. The molecule has 5 nitrogen and oxygen atoms in total. The zero-order valence-electron chi connectivity index (χ0n) is 10.5. The molecule has 0 atom stereocenters. The highest BCUT2D eigenvalue weighted by molar-refractivity contribution is 5.67. The first kappa shape index (κ1) is 12.5. The molecule has 90 valence electrons. The fourth-order valence-corrected chi connectivity index (χ4v) is 1.49. The molecule has 1 heterocycles. The summed E-state index contributed by atoms with van der Waals surface area (Å²) in [6.45, 7) is 8.00. The molecule has 0 bridgehead atoms. The van der Waals surface area contributed by atoms with Gasteiger partial charge in [0.05, 0.1) is 11.8 Å². The fraction of sp³-hybridized carbons (Fsp3) is 0.636. The Morgan fingerprint density at radius 1 is 1.50 bits per heavy atom. The van der Waals surface area contributed by atoms with Crippen LogP contribution in [0.3, 0.4) is 0 Å². The summed E-state index contributed by atoms with van der Waals surface area (Å²) in [6, 6.07) is 0. The van der Waals surface area contributed by atoms with E-state index in [2.05, 4.69) is 10.4 Å². The van der Waals surface area contributed by atoms with Gasteiger partial charge in [-0.05, 0) is 27.7 Å². The highest BCUT2D eigenvalue weighted by atomic mass is 16.6. The number of hydrogen-bond donors (Lipinski definition) is 1. The van der Waals surface area contributed by atoms with Crippen molar-refractivity contribution in [3.05, 3.63) is 17.0 Å². The lowest BCUT2D eigenvalue weighted by Crippen LogP contribution is -2.26. The molecule has 1 aromatic rings. The quantitative estimate of drug-likeness (QED) is 0.851. The van der Waals surface area contributed by atoms with Gasteiger partial charge in [-0.15, -0.1) is 0 Å². The third-order valence-corrected chi connectivity index (χ3v) is 2.41. The minimum atomic E-state index is -0.391. The number of hydrogen-bond acceptors (Lipinski definition) is 3. The van der Waals surface area contributed by atoms with Crippen molar-refractivity contribution in [3.63, 3.8) is 0 Å². The SMILES string of the molecule is Cc1nn(C)c(C)c1CNC(=O)OC(C)C. The highest BCUT2D eigenvalue weighted by Crippen LogP contribution is 2.11. The molecule has 0 saturated heterocycles. The standard InChI is InChI=1S/C11H19N3O2/c1-7(2)16-11(15)12-6-10-8(3)13-14(5)9(10)4/h7H,6H2,1-5H3,(H,12,15). The van der Waals surface area contributed by atoms with E-state index >= 15 is 0 Å². The van der Waals surface area contributed by atoms with Crippen LogP contribution in [-0.4, -0.2) is 22.0 Å². The third kappa shape index (κ3) is 2.98. The van der Waals surface area contributed by atoms with Crippen molar-refractivity contribution in [2.24, 2.45) is 7.05 Å². The van der Waals surface area contributed by atoms with Gasteiger partial charge in [-0.3, -0.25) is 4.68 Å². The molecule has 0 spiro atoms. The monoisotopic (exact) mass is 225 g/mol. The Balaban J connectivity index is 2.58. The van der Waals surface area contributed by atoms with Crippen molar-refractivity contribution in [3.8, 4) is 0 Å². The van der Waals surface area contributed by atoms with Gasteiger partial charge in [0, 0.05) is 24.8 Å². The molecular formula is C11H19N3O2. The second kappa shape index (κ2) is 5.01. The summed E-state index contributed by atoms with van der Waals surface area (Å²) in [7, 11) is 1.89. The van der Waals surface area contributed by atoms with Gasteiger partial charge < -0.3 is 10.1 Å². The number of alkyl carbamates (subject to hydrolysis) is 1. The number of carbonyl (C=O) groups excluding carboxylic acids is 1. The Morgan fingerprint density at radius 3 is 2.56 bits per heavy atom. The van der Waals surface area contributed by atoms with Gasteiger partial charge in [0.1, 0.15) is 0 Å². The molecule has 1 amide bonds. The molecule has 0 aliphatic rings. The van der Waals surface area contributed by atoms with E-state index in [9.17, 15) is 4.79 Å². The lowest BCUT2D eigenvalue weighted by atomic mass is 10.2. The molecule has 16 heavy (non-hydrogen) atoms. The van der Waals surface area contributed by atoms with Crippen LogP contribution < -0.4 is 5.32 Å². The minimum Gasteiger partial charge on any atom is -0.447 e. The molecule has 1 N–H and O–H groups in total. The van der Waals surface area contributed by atoms with Crippen molar-refractivity contribution in [1.82, 2.24) is 15.1 Å². The maximum atomic E-state index is 11.3. The average molecular weight is 225 g/mol. The normalized spacial score (nSPS) is 10.6. The average Bonchev–Trinajstić information content (AvgIpc) is 2.38. The van der Waals surface area contributed by atoms with Crippen LogP contribution in [0.15, 0.2) is 0 Å².